The Bertz CT molecular complexity index is 1670. The molecule has 0 atom stereocenters. The summed E-state index contributed by atoms with van der Waals surface area (Å²) in [6.45, 7) is 1.98. The first-order valence-corrected chi connectivity index (χ1v) is 12.6. The zero-order valence-electron chi connectivity index (χ0n) is 22.0. The van der Waals surface area contributed by atoms with Crippen molar-refractivity contribution >= 4 is 35.2 Å². The van der Waals surface area contributed by atoms with Crippen molar-refractivity contribution in [3.63, 3.8) is 0 Å². The number of rotatable bonds is 4. The van der Waals surface area contributed by atoms with E-state index in [0.717, 1.165) is 22.2 Å². The molecule has 1 N–H and O–H groups in total. The molecule has 1 aromatic heterocycles. The van der Waals surface area contributed by atoms with Crippen molar-refractivity contribution in [3.8, 4) is 22.6 Å². The average Bonchev–Trinajstić information content (AvgIpc) is 3.43. The number of nitrogens with zero attached hydrogens (tertiary/aromatic N) is 3. The minimum absolute atomic E-state index is 0. The van der Waals surface area contributed by atoms with Gasteiger partial charge in [0, 0.05) is 10.6 Å². The molecule has 6 rings (SSSR count). The van der Waals surface area contributed by atoms with E-state index in [1.807, 2.05) is 67.6 Å². The van der Waals surface area contributed by atoms with Gasteiger partial charge in [-0.3, -0.25) is 0 Å². The smallest absolute Gasteiger partial charge is 0.505 e. The number of hydrogen-bond acceptors (Lipinski definition) is 5. The molecule has 0 unspecified atom stereocenters. The van der Waals surface area contributed by atoms with Crippen LogP contribution in [0, 0.1) is 6.92 Å². The van der Waals surface area contributed by atoms with E-state index in [9.17, 15) is 14.7 Å². The number of hydrogen-bond donors (Lipinski definition) is 1. The van der Waals surface area contributed by atoms with E-state index >= 15 is 0 Å². The van der Waals surface area contributed by atoms with Gasteiger partial charge in [0.05, 0.1) is 12.6 Å². The summed E-state index contributed by atoms with van der Waals surface area (Å²) in [5.41, 5.74) is 5.87. The summed E-state index contributed by atoms with van der Waals surface area (Å²) < 4.78 is 0. The maximum atomic E-state index is 10.8. The predicted octanol–water partition coefficient (Wildman–Crippen LogP) is 7.04. The Kier molecular flexibility index (Phi) is 11.9. The molecular formula is C33H24ClN3O3Zr. The number of carbonyl (C=O) groups excluding carboxylic acids is 2. The van der Waals surface area contributed by atoms with Crippen LogP contribution >= 0.6 is 11.6 Å². The third kappa shape index (κ3) is 8.65. The number of aromatic hydroxyl groups is 1. The molecule has 0 radical (unpaired) electrons. The van der Waals surface area contributed by atoms with Gasteiger partial charge in [-0.2, -0.15) is 35.4 Å². The monoisotopic (exact) mass is 635 g/mol. The Labute approximate surface area is 262 Å². The van der Waals surface area contributed by atoms with Crippen molar-refractivity contribution in [3.05, 3.63) is 143 Å². The molecule has 0 fully saturated rings. The Balaban J connectivity index is 0.000000223. The summed E-state index contributed by atoms with van der Waals surface area (Å²) in [6.07, 6.45) is 3.55. The first-order chi connectivity index (χ1) is 19.5. The summed E-state index contributed by atoms with van der Waals surface area (Å²) in [7, 11) is 0. The van der Waals surface area contributed by atoms with E-state index in [-0.39, 0.29) is 32.0 Å². The molecule has 0 aliphatic carbocycles. The molecule has 0 saturated carbocycles. The molecule has 0 saturated heterocycles. The first kappa shape index (κ1) is 31.3. The zero-order chi connectivity index (χ0) is 28.3. The Morgan fingerprint density at radius 3 is 1.71 bits per heavy atom. The van der Waals surface area contributed by atoms with E-state index in [2.05, 4.69) is 10.2 Å². The number of aromatic nitrogens is 3. The summed E-state index contributed by atoms with van der Waals surface area (Å²) in [5.74, 6) is 0.151. The zero-order valence-corrected chi connectivity index (χ0v) is 25.2. The standard InChI is InChI=1S/C19H14ClN3O.2C7H5O.Zr/c1-12-9-15(13-5-3-2-4-6-13)19(24)18(10-12)23-21-16-8-7-14(20)11-17(16)22-23;2*8-6-7-4-2-1-3-5-7;/h2-11,24H,1H3;2*1-5H;/q;2*-1;+2. The van der Waals surface area contributed by atoms with Crippen molar-refractivity contribution in [1.29, 1.82) is 0 Å². The van der Waals surface area contributed by atoms with Crippen LogP contribution in [-0.4, -0.2) is 32.7 Å². The van der Waals surface area contributed by atoms with Gasteiger partial charge in [0.2, 0.25) is 0 Å². The molecule has 41 heavy (non-hydrogen) atoms. The van der Waals surface area contributed by atoms with Crippen molar-refractivity contribution < 1.29 is 40.9 Å². The van der Waals surface area contributed by atoms with Crippen LogP contribution < -0.4 is 0 Å². The van der Waals surface area contributed by atoms with Gasteiger partial charge in [-0.05, 0) is 48.4 Å². The minimum Gasteiger partial charge on any atom is -0.505 e. The maximum Gasteiger partial charge on any atom is 2.00 e. The third-order valence-corrected chi connectivity index (χ3v) is 5.90. The van der Waals surface area contributed by atoms with Gasteiger partial charge < -0.3 is 14.7 Å². The molecule has 6 aromatic rings. The van der Waals surface area contributed by atoms with Gasteiger partial charge in [-0.15, -0.1) is 39.3 Å². The van der Waals surface area contributed by atoms with E-state index in [1.165, 1.54) is 4.80 Å². The molecule has 0 aliphatic heterocycles. The quantitative estimate of drug-likeness (QED) is 0.210. The normalized spacial score (nSPS) is 9.80. The predicted molar refractivity (Wildman–Crippen MR) is 158 cm³/mol. The van der Waals surface area contributed by atoms with E-state index in [4.69, 9.17) is 11.6 Å². The van der Waals surface area contributed by atoms with Gasteiger partial charge in [0.15, 0.2) is 5.75 Å². The van der Waals surface area contributed by atoms with Crippen LogP contribution in [0.15, 0.2) is 121 Å². The Hall–Kier alpha value is -4.19. The van der Waals surface area contributed by atoms with E-state index < -0.39 is 0 Å². The molecule has 6 nitrogen and oxygen atoms in total. The topological polar surface area (TPSA) is 85.1 Å². The minimum atomic E-state index is 0. The summed E-state index contributed by atoms with van der Waals surface area (Å²) in [6, 6.07) is 36.7. The van der Waals surface area contributed by atoms with Crippen LogP contribution in [0.4, 0.5) is 0 Å². The summed E-state index contributed by atoms with van der Waals surface area (Å²) >= 11 is 6.01. The molecule has 8 heteroatoms. The average molecular weight is 637 g/mol. The van der Waals surface area contributed by atoms with Crippen LogP contribution in [0.3, 0.4) is 0 Å². The molecule has 1 heterocycles. The van der Waals surface area contributed by atoms with Gasteiger partial charge in [0.1, 0.15) is 16.7 Å². The Morgan fingerprint density at radius 1 is 0.683 bits per heavy atom. The van der Waals surface area contributed by atoms with E-state index in [1.54, 1.807) is 73.2 Å². The van der Waals surface area contributed by atoms with Gasteiger partial charge in [0.25, 0.3) is 0 Å². The molecule has 0 amide bonds. The maximum absolute atomic E-state index is 10.8. The molecule has 0 bridgehead atoms. The van der Waals surface area contributed by atoms with Crippen LogP contribution in [0.1, 0.15) is 16.7 Å². The number of fused-ring (bicyclic) bond motifs is 1. The fraction of sp³-hybridized carbons (Fsp3) is 0.0303. The number of aryl methyl sites for hydroxylation is 1. The van der Waals surface area contributed by atoms with Crippen LogP contribution in [0.2, 0.25) is 5.02 Å². The fourth-order valence-corrected chi connectivity index (χ4v) is 3.92. The van der Waals surface area contributed by atoms with E-state index in [0.29, 0.717) is 27.4 Å². The number of benzene rings is 5. The van der Waals surface area contributed by atoms with Crippen molar-refractivity contribution in [2.75, 3.05) is 0 Å². The van der Waals surface area contributed by atoms with Crippen molar-refractivity contribution in [2.45, 2.75) is 6.92 Å². The van der Waals surface area contributed by atoms with Crippen molar-refractivity contribution in [2.24, 2.45) is 0 Å². The second kappa shape index (κ2) is 15.6. The third-order valence-electron chi connectivity index (χ3n) is 5.66. The van der Waals surface area contributed by atoms with Gasteiger partial charge in [-0.25, -0.2) is 0 Å². The van der Waals surface area contributed by atoms with Gasteiger partial charge in [-0.1, -0.05) is 54.1 Å². The molecule has 5 aromatic carbocycles. The first-order valence-electron chi connectivity index (χ1n) is 12.3. The summed E-state index contributed by atoms with van der Waals surface area (Å²) in [4.78, 5) is 21.2. The van der Waals surface area contributed by atoms with Gasteiger partial charge >= 0.3 is 26.2 Å². The molecule has 0 spiro atoms. The molecule has 200 valence electrons. The number of halogens is 1. The number of phenols is 1. The number of phenolic OH excluding ortho intramolecular Hbond substituents is 1. The SMILES string of the molecule is Cc1cc(-c2ccccc2)c(O)c(-n2nc3ccc(Cl)cc3n2)c1.O=[C-]c1ccccc1.O=[C-]c1ccccc1.[Zr+2]. The molecular weight excluding hydrogens is 613 g/mol. The van der Waals surface area contributed by atoms with Crippen LogP contribution in [-0.2, 0) is 35.8 Å². The second-order valence-electron chi connectivity index (χ2n) is 8.60. The summed E-state index contributed by atoms with van der Waals surface area (Å²) in [5, 5.41) is 20.3. The van der Waals surface area contributed by atoms with Crippen LogP contribution in [0.25, 0.3) is 27.8 Å². The second-order valence-corrected chi connectivity index (χ2v) is 9.04. The molecule has 0 aliphatic rings. The van der Waals surface area contributed by atoms with Crippen LogP contribution in [0.5, 0.6) is 5.75 Å². The fourth-order valence-electron chi connectivity index (χ4n) is 3.76. The van der Waals surface area contributed by atoms with Crippen molar-refractivity contribution in [1.82, 2.24) is 15.0 Å². The Morgan fingerprint density at radius 2 is 1.20 bits per heavy atom. The largest absolute Gasteiger partial charge is 2.00 e.